The fourth-order valence-corrected chi connectivity index (χ4v) is 14.3. The van der Waals surface area contributed by atoms with Crippen molar-refractivity contribution in [2.45, 2.75) is 26.2 Å². The van der Waals surface area contributed by atoms with Crippen molar-refractivity contribution in [1.29, 1.82) is 0 Å². The van der Waals surface area contributed by atoms with Gasteiger partial charge in [0.2, 0.25) is 0 Å². The molecule has 0 amide bonds. The Kier molecular flexibility index (Phi) is 8.00. The van der Waals surface area contributed by atoms with Gasteiger partial charge < -0.3 is 13.9 Å². The van der Waals surface area contributed by atoms with Gasteiger partial charge in [0.1, 0.15) is 5.82 Å². The van der Waals surface area contributed by atoms with Gasteiger partial charge in [-0.2, -0.15) is 18.2 Å². The smallest absolute Gasteiger partial charge is 0.268 e. The van der Waals surface area contributed by atoms with Crippen molar-refractivity contribution in [3.63, 3.8) is 0 Å². The van der Waals surface area contributed by atoms with E-state index in [1.54, 1.807) is 48.7 Å². The fourth-order valence-electron chi connectivity index (χ4n) is 10.3. The van der Waals surface area contributed by atoms with Crippen LogP contribution in [0.4, 0.5) is 0 Å². The molecule has 0 fully saturated rings. The van der Waals surface area contributed by atoms with Gasteiger partial charge in [-0.25, -0.2) is 4.98 Å². The van der Waals surface area contributed by atoms with Crippen LogP contribution in [0.15, 0.2) is 285 Å². The van der Waals surface area contributed by atoms with Gasteiger partial charge in [-0.05, 0) is 113 Å². The minimum absolute atomic E-state index is 0. The quantitative estimate of drug-likeness (QED) is 0.0529. The number of hydrogen-bond donors (Lipinski definition) is 0. The number of ether oxygens (including phenoxy) is 1. The summed E-state index contributed by atoms with van der Waals surface area (Å²) in [5.41, 5.74) is -2.95. The Hall–Kier alpha value is -9.45. The van der Waals surface area contributed by atoms with E-state index in [1.807, 2.05) is 47.0 Å². The molecule has 0 aliphatic carbocycles. The van der Waals surface area contributed by atoms with Gasteiger partial charge in [0.05, 0.1) is 55.1 Å². The Labute approximate surface area is 539 Å². The predicted octanol–water partition coefficient (Wildman–Crippen LogP) is 15.3. The van der Waals surface area contributed by atoms with Crippen LogP contribution in [0.1, 0.15) is 64.7 Å². The average Bonchev–Trinajstić information content (AvgIpc) is 0.838. The first-order chi connectivity index (χ1) is 51.9. The summed E-state index contributed by atoms with van der Waals surface area (Å²) in [6.07, 6.45) is 5.05. The number of nitrogens with zero attached hydrogens (tertiary/aromatic N) is 4. The van der Waals surface area contributed by atoms with Crippen LogP contribution in [-0.4, -0.2) is 22.2 Å². The molecular weight excluding hydrogens is 1210 g/mol. The van der Waals surface area contributed by atoms with Crippen LogP contribution in [0.2, 0.25) is 0 Å². The molecule has 0 unspecified atom stereocenters. The van der Waals surface area contributed by atoms with E-state index in [0.29, 0.717) is 11.3 Å². The second-order valence-corrected chi connectivity index (χ2v) is 23.3. The van der Waals surface area contributed by atoms with Crippen molar-refractivity contribution < 1.29 is 68.8 Å². The molecule has 7 heteroatoms. The van der Waals surface area contributed by atoms with Crippen LogP contribution < -0.4 is 30.1 Å². The molecule has 0 atom stereocenters. The summed E-state index contributed by atoms with van der Waals surface area (Å²) in [7, 11) is -6.38. The molecule has 3 heterocycles. The second kappa shape index (κ2) is 22.1. The first-order valence-corrected chi connectivity index (χ1v) is 27.7. The fraction of sp³-hybridized carbons (Fsp3) is 0.0526. The van der Waals surface area contributed by atoms with Crippen molar-refractivity contribution in [3.05, 3.63) is 309 Å². The maximum atomic E-state index is 10.6. The Morgan fingerprint density at radius 3 is 1.70 bits per heavy atom. The molecule has 0 aliphatic heterocycles. The van der Waals surface area contributed by atoms with Crippen LogP contribution >= 0.6 is 0 Å². The summed E-state index contributed by atoms with van der Waals surface area (Å²) >= 11 is 0. The van der Waals surface area contributed by atoms with Gasteiger partial charge in [-0.1, -0.05) is 238 Å². The molecule has 0 spiro atoms. The van der Waals surface area contributed by atoms with E-state index in [4.69, 9.17) is 22.1 Å². The minimum Gasteiger partial charge on any atom is -0.510 e. The third kappa shape index (κ3) is 9.64. The van der Waals surface area contributed by atoms with Gasteiger partial charge >= 0.3 is 0 Å². The SMILES string of the molecule is [2H]c1c([2H])c([2H])c(-c2c([2H])c(-c3cccc([Si](c4c([2H])c([2H])c([2H])c([2H])c4[2H])(c4c([2H])c([2H])c([2H])c([2H])c4[2H])c4c([2H])c([2H])c([2H])c([2H])c4[2H])c3-[n+]3[c-]n(-c4[c-]c(Oc5[c-]c6c(cc5)c5ccccc5n6-c5cc(C(C)(C)C)ccn5)ccc4)c4ccccc43)c([2H])c(-c3c([2H])c([2H])c([2H])c([2H])c3[2H])c2[2H])c([2H])c1[2H].[Pt]. The zero-order chi connectivity index (χ0) is 79.6. The van der Waals surface area contributed by atoms with Gasteiger partial charge in [0, 0.05) is 44.3 Å². The van der Waals surface area contributed by atoms with E-state index < -0.39 is 237 Å². The van der Waals surface area contributed by atoms with Gasteiger partial charge in [-0.15, -0.1) is 29.7 Å². The predicted molar refractivity (Wildman–Crippen MR) is 339 cm³/mol. The summed E-state index contributed by atoms with van der Waals surface area (Å²) in [6.45, 7) is 6.28. The Morgan fingerprint density at radius 1 is 0.518 bits per heavy atom. The number of aromatic nitrogens is 4. The van der Waals surface area contributed by atoms with E-state index >= 15 is 0 Å². The van der Waals surface area contributed by atoms with Crippen molar-refractivity contribution in [3.8, 4) is 62.1 Å². The van der Waals surface area contributed by atoms with E-state index in [0.717, 1.165) is 21.9 Å². The molecule has 0 radical (unpaired) electrons. The molecule has 14 aromatic rings. The number of pyridine rings is 1. The molecule has 5 nitrogen and oxygen atoms in total. The van der Waals surface area contributed by atoms with Crippen LogP contribution in [0.25, 0.3) is 83.4 Å². The monoisotopic (exact) mass is 1290 g/mol. The molecule has 11 aromatic carbocycles. The third-order valence-corrected chi connectivity index (χ3v) is 18.2. The number of para-hydroxylation sites is 4. The van der Waals surface area contributed by atoms with Gasteiger partial charge in [-0.3, -0.25) is 4.57 Å². The molecule has 402 valence electrons. The van der Waals surface area contributed by atoms with Crippen LogP contribution in [-0.2, 0) is 26.5 Å². The number of rotatable bonds is 12. The average molecular weight is 1290 g/mol. The first-order valence-electron chi connectivity index (χ1n) is 39.7. The molecule has 0 saturated heterocycles. The number of benzene rings is 11. The maximum Gasteiger partial charge on any atom is 0.268 e. The normalized spacial score (nSPS) is 16.4. The molecule has 0 N–H and O–H groups in total. The summed E-state index contributed by atoms with van der Waals surface area (Å²) in [5.74, 6) is 0.910. The summed E-state index contributed by atoms with van der Waals surface area (Å²) in [6, 6.07) is 6.78. The summed E-state index contributed by atoms with van der Waals surface area (Å²) in [4.78, 5) is 4.80. The Morgan fingerprint density at radius 2 is 1.07 bits per heavy atom. The van der Waals surface area contributed by atoms with Gasteiger partial charge in [0.15, 0.2) is 8.07 Å². The molecule has 0 saturated carbocycles. The largest absolute Gasteiger partial charge is 0.510 e. The molecular formula is C76H56N4OPtSi-2. The number of fused-ring (bicyclic) bond motifs is 4. The van der Waals surface area contributed by atoms with Crippen molar-refractivity contribution in [2.24, 2.45) is 0 Å². The van der Waals surface area contributed by atoms with E-state index in [-0.39, 0.29) is 54.7 Å². The summed E-state index contributed by atoms with van der Waals surface area (Å²) in [5, 5.41) is -1.79. The Balaban J connectivity index is 0.0000108. The standard InChI is InChI=1S/C76H56N4OSi.Pt/c1-76(2,3)59-45-46-77-74(50-59)80-69-39-20-19-37-67(69)68-44-43-62(52-72(68)80)81-61-30-23-29-60(51-61)78-53-79(71-41-22-21-40-70(71)78)75-66(58-48-56(54-25-9-4-10-26-54)47-57(49-58)55-27-11-5-12-28-55)38-24-42-73(75)82(63-31-13-6-14-32-63,64-33-15-7-16-34-64)65-35-17-8-18-36-65;/h4-50H,1-3H3;/q-2;/i4D,5D,6D,7D,8D,9D,10D,11D,12D,13D,14D,15D,16D,17D,18D,25D,26D,27D,28D,31D,32D,33D,34D,35D,36D,47D,48D,49D;. The van der Waals surface area contributed by atoms with Crippen molar-refractivity contribution in [2.75, 3.05) is 0 Å². The number of hydrogen-bond acceptors (Lipinski definition) is 2. The summed E-state index contributed by atoms with van der Waals surface area (Å²) < 4.78 is 277. The maximum absolute atomic E-state index is 10.6. The van der Waals surface area contributed by atoms with Crippen LogP contribution in [0.5, 0.6) is 11.5 Å². The molecule has 14 rings (SSSR count). The van der Waals surface area contributed by atoms with Crippen molar-refractivity contribution in [1.82, 2.24) is 14.1 Å². The van der Waals surface area contributed by atoms with E-state index in [1.165, 1.54) is 33.4 Å². The molecule has 83 heavy (non-hydrogen) atoms. The second-order valence-electron chi connectivity index (χ2n) is 19.8. The molecule has 0 aliphatic rings. The van der Waals surface area contributed by atoms with E-state index in [9.17, 15) is 26.0 Å². The number of imidazole rings is 1. The molecule has 0 bridgehead atoms. The van der Waals surface area contributed by atoms with Crippen LogP contribution in [0.3, 0.4) is 0 Å². The topological polar surface area (TPSA) is 35.9 Å². The third-order valence-electron chi connectivity index (χ3n) is 14.0. The zero-order valence-electron chi connectivity index (χ0n) is 72.0. The zero-order valence-corrected chi connectivity index (χ0v) is 47.3. The Bertz CT molecular complexity index is 5990. The van der Waals surface area contributed by atoms with E-state index in [2.05, 4.69) is 39.2 Å². The van der Waals surface area contributed by atoms with Crippen LogP contribution in [0, 0.1) is 18.5 Å². The van der Waals surface area contributed by atoms with Crippen molar-refractivity contribution >= 4 is 61.7 Å². The molecule has 3 aromatic heterocycles. The minimum atomic E-state index is -6.38. The van der Waals surface area contributed by atoms with Gasteiger partial charge in [0.25, 0.3) is 6.33 Å². The first kappa shape index (κ1) is 30.0.